The molecule has 1 atom stereocenters. The van der Waals surface area contributed by atoms with Crippen LogP contribution < -0.4 is 10.1 Å². The molecule has 0 aromatic heterocycles. The Balaban J connectivity index is 1.98. The molecule has 1 aliphatic rings. The normalized spacial score (nSPS) is 22.1. The van der Waals surface area contributed by atoms with Crippen molar-refractivity contribution >= 4 is 0 Å². The molecule has 15 heavy (non-hydrogen) atoms. The second kappa shape index (κ2) is 5.17. The monoisotopic (exact) mass is 205 g/mol. The molecule has 0 aliphatic carbocycles. The highest BCUT2D eigenvalue weighted by molar-refractivity contribution is 5.31. The summed E-state index contributed by atoms with van der Waals surface area (Å²) in [4.78, 5) is 0. The van der Waals surface area contributed by atoms with Gasteiger partial charge in [0.15, 0.2) is 0 Å². The van der Waals surface area contributed by atoms with Gasteiger partial charge >= 0.3 is 0 Å². The molecule has 0 amide bonds. The standard InChI is InChI=1S/C13H19NO/c1-11-5-2-3-7-13(11)15-12-6-4-9-14-10-8-12/h2-3,5,7,12,14H,4,6,8-10H2,1H3. The van der Waals surface area contributed by atoms with Gasteiger partial charge in [-0.15, -0.1) is 0 Å². The van der Waals surface area contributed by atoms with Crippen LogP contribution in [0.4, 0.5) is 0 Å². The number of rotatable bonds is 2. The number of para-hydroxylation sites is 1. The van der Waals surface area contributed by atoms with Crippen molar-refractivity contribution in [1.82, 2.24) is 5.32 Å². The van der Waals surface area contributed by atoms with Crippen LogP contribution in [-0.4, -0.2) is 19.2 Å². The summed E-state index contributed by atoms with van der Waals surface area (Å²) in [5, 5.41) is 3.40. The van der Waals surface area contributed by atoms with Crippen LogP contribution in [0.3, 0.4) is 0 Å². The Morgan fingerprint density at radius 2 is 2.07 bits per heavy atom. The number of nitrogens with one attached hydrogen (secondary N) is 1. The molecule has 0 bridgehead atoms. The number of hydrogen-bond acceptors (Lipinski definition) is 2. The molecule has 1 aromatic carbocycles. The lowest BCUT2D eigenvalue weighted by Gasteiger charge is -2.18. The third kappa shape index (κ3) is 2.96. The van der Waals surface area contributed by atoms with Gasteiger partial charge in [-0.1, -0.05) is 18.2 Å². The summed E-state index contributed by atoms with van der Waals surface area (Å²) in [6.45, 7) is 4.31. The summed E-state index contributed by atoms with van der Waals surface area (Å²) in [5.74, 6) is 1.05. The van der Waals surface area contributed by atoms with Crippen molar-refractivity contribution in [2.45, 2.75) is 32.3 Å². The van der Waals surface area contributed by atoms with E-state index < -0.39 is 0 Å². The Labute approximate surface area is 91.6 Å². The maximum Gasteiger partial charge on any atom is 0.122 e. The average molecular weight is 205 g/mol. The Morgan fingerprint density at radius 3 is 2.93 bits per heavy atom. The quantitative estimate of drug-likeness (QED) is 0.801. The molecule has 1 saturated heterocycles. The van der Waals surface area contributed by atoms with Crippen molar-refractivity contribution in [2.24, 2.45) is 0 Å². The van der Waals surface area contributed by atoms with E-state index in [0.29, 0.717) is 6.10 Å². The van der Waals surface area contributed by atoms with Crippen LogP contribution in [0.25, 0.3) is 0 Å². The Kier molecular flexibility index (Phi) is 3.62. The molecule has 1 aromatic rings. The zero-order chi connectivity index (χ0) is 10.5. The predicted octanol–water partition coefficient (Wildman–Crippen LogP) is 2.52. The first-order valence-corrected chi connectivity index (χ1v) is 5.79. The maximum atomic E-state index is 6.03. The molecule has 0 spiro atoms. The largest absolute Gasteiger partial charge is 0.490 e. The lowest BCUT2D eigenvalue weighted by Crippen LogP contribution is -2.19. The minimum atomic E-state index is 0.390. The fourth-order valence-electron chi connectivity index (χ4n) is 1.97. The summed E-state index contributed by atoms with van der Waals surface area (Å²) in [6.07, 6.45) is 3.90. The fourth-order valence-corrected chi connectivity index (χ4v) is 1.97. The van der Waals surface area contributed by atoms with Crippen molar-refractivity contribution < 1.29 is 4.74 Å². The Bertz CT molecular complexity index is 303. The van der Waals surface area contributed by atoms with E-state index in [2.05, 4.69) is 30.4 Å². The van der Waals surface area contributed by atoms with E-state index in [-0.39, 0.29) is 0 Å². The highest BCUT2D eigenvalue weighted by Gasteiger charge is 2.13. The fraction of sp³-hybridized carbons (Fsp3) is 0.538. The van der Waals surface area contributed by atoms with E-state index >= 15 is 0 Å². The molecule has 1 heterocycles. The summed E-state index contributed by atoms with van der Waals surface area (Å²) >= 11 is 0. The minimum Gasteiger partial charge on any atom is -0.490 e. The van der Waals surface area contributed by atoms with E-state index in [4.69, 9.17) is 4.74 Å². The number of aryl methyl sites for hydroxylation is 1. The summed E-state index contributed by atoms with van der Waals surface area (Å²) in [6, 6.07) is 8.26. The second-order valence-electron chi connectivity index (χ2n) is 4.19. The van der Waals surface area contributed by atoms with Crippen molar-refractivity contribution in [3.8, 4) is 5.75 Å². The molecule has 1 N–H and O–H groups in total. The van der Waals surface area contributed by atoms with Crippen LogP contribution >= 0.6 is 0 Å². The van der Waals surface area contributed by atoms with Crippen molar-refractivity contribution in [1.29, 1.82) is 0 Å². The van der Waals surface area contributed by atoms with E-state index in [9.17, 15) is 0 Å². The third-order valence-electron chi connectivity index (χ3n) is 2.91. The van der Waals surface area contributed by atoms with Gasteiger partial charge < -0.3 is 10.1 Å². The van der Waals surface area contributed by atoms with Crippen LogP contribution in [0.1, 0.15) is 24.8 Å². The first kappa shape index (κ1) is 10.5. The lowest BCUT2D eigenvalue weighted by atomic mass is 10.1. The van der Waals surface area contributed by atoms with E-state index in [1.807, 2.05) is 6.07 Å². The molecule has 2 nitrogen and oxygen atoms in total. The molecule has 82 valence electrons. The summed E-state index contributed by atoms with van der Waals surface area (Å²) in [5.41, 5.74) is 1.23. The van der Waals surface area contributed by atoms with Gasteiger partial charge in [-0.25, -0.2) is 0 Å². The second-order valence-corrected chi connectivity index (χ2v) is 4.19. The lowest BCUT2D eigenvalue weighted by molar-refractivity contribution is 0.186. The molecular formula is C13H19NO. The molecule has 1 aliphatic heterocycles. The van der Waals surface area contributed by atoms with Gasteiger partial charge in [-0.05, 0) is 50.9 Å². The van der Waals surface area contributed by atoms with Crippen LogP contribution in [0.2, 0.25) is 0 Å². The summed E-state index contributed by atoms with van der Waals surface area (Å²) < 4.78 is 6.03. The van der Waals surface area contributed by atoms with Crippen LogP contribution in [-0.2, 0) is 0 Å². The van der Waals surface area contributed by atoms with Crippen LogP contribution in [0.15, 0.2) is 24.3 Å². The van der Waals surface area contributed by atoms with Crippen LogP contribution in [0, 0.1) is 6.92 Å². The van der Waals surface area contributed by atoms with Gasteiger partial charge in [0.05, 0.1) is 6.10 Å². The maximum absolute atomic E-state index is 6.03. The smallest absolute Gasteiger partial charge is 0.122 e. The average Bonchev–Trinajstić information content (AvgIpc) is 2.50. The summed E-state index contributed by atoms with van der Waals surface area (Å²) in [7, 11) is 0. The van der Waals surface area contributed by atoms with E-state index in [1.165, 1.54) is 18.4 Å². The predicted molar refractivity (Wildman–Crippen MR) is 62.3 cm³/mol. The van der Waals surface area contributed by atoms with Gasteiger partial charge in [-0.3, -0.25) is 0 Å². The highest BCUT2D eigenvalue weighted by atomic mass is 16.5. The zero-order valence-corrected chi connectivity index (χ0v) is 9.33. The highest BCUT2D eigenvalue weighted by Crippen LogP contribution is 2.20. The van der Waals surface area contributed by atoms with Crippen molar-refractivity contribution in [3.05, 3.63) is 29.8 Å². The Hall–Kier alpha value is -1.02. The molecule has 0 radical (unpaired) electrons. The van der Waals surface area contributed by atoms with Gasteiger partial charge in [0, 0.05) is 0 Å². The third-order valence-corrected chi connectivity index (χ3v) is 2.91. The van der Waals surface area contributed by atoms with E-state index in [0.717, 1.165) is 25.3 Å². The zero-order valence-electron chi connectivity index (χ0n) is 9.33. The minimum absolute atomic E-state index is 0.390. The molecule has 2 heteroatoms. The van der Waals surface area contributed by atoms with Crippen molar-refractivity contribution in [3.63, 3.8) is 0 Å². The van der Waals surface area contributed by atoms with Gasteiger partial charge in [-0.2, -0.15) is 0 Å². The first-order chi connectivity index (χ1) is 7.36. The molecule has 1 unspecified atom stereocenters. The molecular weight excluding hydrogens is 186 g/mol. The molecule has 2 rings (SSSR count). The van der Waals surface area contributed by atoms with Crippen LogP contribution in [0.5, 0.6) is 5.75 Å². The van der Waals surface area contributed by atoms with Gasteiger partial charge in [0.2, 0.25) is 0 Å². The van der Waals surface area contributed by atoms with Gasteiger partial charge in [0.1, 0.15) is 5.75 Å². The van der Waals surface area contributed by atoms with Crippen molar-refractivity contribution in [2.75, 3.05) is 13.1 Å². The number of benzene rings is 1. The van der Waals surface area contributed by atoms with E-state index in [1.54, 1.807) is 0 Å². The first-order valence-electron chi connectivity index (χ1n) is 5.79. The Morgan fingerprint density at radius 1 is 1.20 bits per heavy atom. The van der Waals surface area contributed by atoms with Gasteiger partial charge in [0.25, 0.3) is 0 Å². The number of hydrogen-bond donors (Lipinski definition) is 1. The molecule has 0 saturated carbocycles. The topological polar surface area (TPSA) is 21.3 Å². The number of ether oxygens (including phenoxy) is 1. The molecule has 1 fully saturated rings. The SMILES string of the molecule is Cc1ccccc1OC1CCCNCC1.